The predicted octanol–water partition coefficient (Wildman–Crippen LogP) is 0.790. The Kier molecular flexibility index (Phi) is 4.08. The van der Waals surface area contributed by atoms with Crippen LogP contribution in [0.4, 0.5) is 8.78 Å². The first-order valence-electron chi connectivity index (χ1n) is 2.87. The summed E-state index contributed by atoms with van der Waals surface area (Å²) in [6, 6.07) is -0.468. The molecule has 0 aliphatic carbocycles. The summed E-state index contributed by atoms with van der Waals surface area (Å²) in [5.74, 6) is 0. The minimum atomic E-state index is -2.43. The van der Waals surface area contributed by atoms with Crippen molar-refractivity contribution in [3.63, 3.8) is 0 Å². The quantitative estimate of drug-likeness (QED) is 0.637. The summed E-state index contributed by atoms with van der Waals surface area (Å²) in [6.07, 6.45) is -2.90. The average Bonchev–Trinajstić information content (AvgIpc) is 2.13. The molecule has 1 fully saturated rings. The van der Waals surface area contributed by atoms with Gasteiger partial charge in [0.15, 0.2) is 0 Å². The van der Waals surface area contributed by atoms with E-state index in [1.807, 2.05) is 0 Å². The van der Waals surface area contributed by atoms with E-state index in [4.69, 9.17) is 5.73 Å². The topological polar surface area (TPSA) is 35.2 Å². The first kappa shape index (κ1) is 10.1. The van der Waals surface area contributed by atoms with Gasteiger partial charge in [-0.25, -0.2) is 8.78 Å². The van der Waals surface area contributed by atoms with Crippen molar-refractivity contribution in [2.75, 3.05) is 6.61 Å². The molecule has 10 heavy (non-hydrogen) atoms. The van der Waals surface area contributed by atoms with Crippen molar-refractivity contribution in [1.29, 1.82) is 0 Å². The van der Waals surface area contributed by atoms with Gasteiger partial charge in [-0.15, -0.1) is 12.4 Å². The monoisotopic (exact) mass is 173 g/mol. The third-order valence-electron chi connectivity index (χ3n) is 1.43. The van der Waals surface area contributed by atoms with Crippen molar-refractivity contribution in [1.82, 2.24) is 0 Å². The van der Waals surface area contributed by atoms with Gasteiger partial charge in [0, 0.05) is 12.6 Å². The number of rotatable bonds is 1. The van der Waals surface area contributed by atoms with Crippen LogP contribution in [0.2, 0.25) is 0 Å². The molecular formula is C5H10ClF2NO. The highest BCUT2D eigenvalue weighted by molar-refractivity contribution is 5.85. The van der Waals surface area contributed by atoms with Crippen molar-refractivity contribution in [2.24, 2.45) is 5.73 Å². The first-order chi connectivity index (χ1) is 4.22. The zero-order valence-corrected chi connectivity index (χ0v) is 6.11. The Morgan fingerprint density at radius 2 is 2.10 bits per heavy atom. The molecule has 0 radical (unpaired) electrons. The highest BCUT2D eigenvalue weighted by atomic mass is 35.5. The number of halogens is 3. The molecule has 1 heterocycles. The van der Waals surface area contributed by atoms with E-state index in [1.165, 1.54) is 0 Å². The second-order valence-electron chi connectivity index (χ2n) is 2.12. The lowest BCUT2D eigenvalue weighted by Crippen LogP contribution is -2.35. The number of ether oxygens (including phenoxy) is 1. The predicted molar refractivity (Wildman–Crippen MR) is 35.6 cm³/mol. The number of hydrogen-bond acceptors (Lipinski definition) is 2. The van der Waals surface area contributed by atoms with E-state index in [0.717, 1.165) is 0 Å². The summed E-state index contributed by atoms with van der Waals surface area (Å²) in [5, 5.41) is 0. The molecule has 2 nitrogen and oxygen atoms in total. The summed E-state index contributed by atoms with van der Waals surface area (Å²) >= 11 is 0. The van der Waals surface area contributed by atoms with Crippen molar-refractivity contribution in [3.8, 4) is 0 Å². The maximum atomic E-state index is 11.8. The van der Waals surface area contributed by atoms with Gasteiger partial charge in [-0.2, -0.15) is 0 Å². The lowest BCUT2D eigenvalue weighted by molar-refractivity contribution is -0.0274. The number of alkyl halides is 2. The van der Waals surface area contributed by atoms with E-state index < -0.39 is 18.6 Å². The summed E-state index contributed by atoms with van der Waals surface area (Å²) in [7, 11) is 0. The van der Waals surface area contributed by atoms with Crippen LogP contribution in [0.5, 0.6) is 0 Å². The smallest absolute Gasteiger partial charge is 0.265 e. The molecular weight excluding hydrogens is 164 g/mol. The summed E-state index contributed by atoms with van der Waals surface area (Å²) in [4.78, 5) is 0. The van der Waals surface area contributed by atoms with E-state index in [1.54, 1.807) is 0 Å². The molecule has 2 unspecified atom stereocenters. The lowest BCUT2D eigenvalue weighted by Gasteiger charge is -2.11. The van der Waals surface area contributed by atoms with E-state index in [-0.39, 0.29) is 12.4 Å². The SMILES string of the molecule is Cl.NC1CCOC1C(F)F. The van der Waals surface area contributed by atoms with Crippen molar-refractivity contribution in [3.05, 3.63) is 0 Å². The van der Waals surface area contributed by atoms with Crippen LogP contribution in [0.3, 0.4) is 0 Å². The molecule has 2 N–H and O–H groups in total. The van der Waals surface area contributed by atoms with Crippen LogP contribution >= 0.6 is 12.4 Å². The molecule has 1 saturated heterocycles. The van der Waals surface area contributed by atoms with Crippen LogP contribution in [0, 0.1) is 0 Å². The lowest BCUT2D eigenvalue weighted by atomic mass is 10.2. The average molecular weight is 174 g/mol. The van der Waals surface area contributed by atoms with Crippen molar-refractivity contribution >= 4 is 12.4 Å². The minimum Gasteiger partial charge on any atom is -0.371 e. The van der Waals surface area contributed by atoms with Gasteiger partial charge in [0.25, 0.3) is 6.43 Å². The molecule has 0 aromatic carbocycles. The molecule has 1 aliphatic rings. The zero-order chi connectivity index (χ0) is 6.85. The maximum absolute atomic E-state index is 11.8. The second-order valence-corrected chi connectivity index (χ2v) is 2.12. The first-order valence-corrected chi connectivity index (χ1v) is 2.87. The molecule has 1 aliphatic heterocycles. The van der Waals surface area contributed by atoms with Crippen LogP contribution < -0.4 is 5.73 Å². The molecule has 5 heteroatoms. The van der Waals surface area contributed by atoms with Gasteiger partial charge in [0.05, 0.1) is 0 Å². The molecule has 62 valence electrons. The third kappa shape index (κ3) is 2.04. The van der Waals surface area contributed by atoms with Crippen LogP contribution in [-0.2, 0) is 4.74 Å². The summed E-state index contributed by atoms with van der Waals surface area (Å²) in [6.45, 7) is 0.371. The molecule has 0 amide bonds. The van der Waals surface area contributed by atoms with Gasteiger partial charge in [0.2, 0.25) is 0 Å². The Morgan fingerprint density at radius 1 is 1.50 bits per heavy atom. The molecule has 1 rings (SSSR count). The largest absolute Gasteiger partial charge is 0.371 e. The van der Waals surface area contributed by atoms with E-state index in [9.17, 15) is 8.78 Å². The van der Waals surface area contributed by atoms with Crippen molar-refractivity contribution < 1.29 is 13.5 Å². The van der Waals surface area contributed by atoms with E-state index in [0.29, 0.717) is 13.0 Å². The summed E-state index contributed by atoms with van der Waals surface area (Å²) in [5.41, 5.74) is 5.27. The third-order valence-corrected chi connectivity index (χ3v) is 1.43. The molecule has 0 bridgehead atoms. The molecule has 0 aromatic rings. The van der Waals surface area contributed by atoms with E-state index in [2.05, 4.69) is 4.74 Å². The normalized spacial score (nSPS) is 32.4. The van der Waals surface area contributed by atoms with Gasteiger partial charge < -0.3 is 10.5 Å². The fraction of sp³-hybridized carbons (Fsp3) is 1.00. The number of nitrogens with two attached hydrogens (primary N) is 1. The molecule has 2 atom stereocenters. The highest BCUT2D eigenvalue weighted by Gasteiger charge is 2.32. The minimum absolute atomic E-state index is 0. The Hall–Kier alpha value is 0.0700. The maximum Gasteiger partial charge on any atom is 0.265 e. The Balaban J connectivity index is 0.000000810. The molecule has 0 saturated carbocycles. The standard InChI is InChI=1S/C5H9F2NO.ClH/c6-5(7)4-3(8)1-2-9-4;/h3-5H,1-2,8H2;1H. The molecule has 0 spiro atoms. The van der Waals surface area contributed by atoms with Gasteiger partial charge in [-0.1, -0.05) is 0 Å². The highest BCUT2D eigenvalue weighted by Crippen LogP contribution is 2.17. The Morgan fingerprint density at radius 3 is 2.30 bits per heavy atom. The Bertz CT molecular complexity index is 104. The fourth-order valence-electron chi connectivity index (χ4n) is 0.888. The van der Waals surface area contributed by atoms with Gasteiger partial charge in [0.1, 0.15) is 6.10 Å². The summed E-state index contributed by atoms with van der Waals surface area (Å²) < 4.78 is 28.2. The van der Waals surface area contributed by atoms with Crippen LogP contribution in [0.25, 0.3) is 0 Å². The van der Waals surface area contributed by atoms with E-state index >= 15 is 0 Å². The fourth-order valence-corrected chi connectivity index (χ4v) is 0.888. The zero-order valence-electron chi connectivity index (χ0n) is 5.30. The van der Waals surface area contributed by atoms with Crippen LogP contribution in [-0.4, -0.2) is 25.2 Å². The van der Waals surface area contributed by atoms with Gasteiger partial charge in [-0.3, -0.25) is 0 Å². The second kappa shape index (κ2) is 4.05. The number of hydrogen-bond donors (Lipinski definition) is 1. The van der Waals surface area contributed by atoms with Gasteiger partial charge >= 0.3 is 0 Å². The van der Waals surface area contributed by atoms with Gasteiger partial charge in [-0.05, 0) is 6.42 Å². The Labute approximate surface area is 64.1 Å². The van der Waals surface area contributed by atoms with Crippen LogP contribution in [0.1, 0.15) is 6.42 Å². The van der Waals surface area contributed by atoms with Crippen molar-refractivity contribution in [2.45, 2.75) is 25.0 Å². The molecule has 0 aromatic heterocycles. The van der Waals surface area contributed by atoms with Crippen LogP contribution in [0.15, 0.2) is 0 Å².